The fraction of sp³-hybridized carbons (Fsp3) is 0.263. The van der Waals surface area contributed by atoms with Crippen LogP contribution in [0.5, 0.6) is 0 Å². The van der Waals surface area contributed by atoms with Crippen LogP contribution < -0.4 is 10.6 Å². The van der Waals surface area contributed by atoms with Gasteiger partial charge in [-0.25, -0.2) is 0 Å². The zero-order valence-corrected chi connectivity index (χ0v) is 16.3. The van der Waals surface area contributed by atoms with Gasteiger partial charge in [0.2, 0.25) is 5.91 Å². The normalized spacial score (nSPS) is 10.4. The Balaban J connectivity index is 1.60. The Hall–Kier alpha value is -1.75. The summed E-state index contributed by atoms with van der Waals surface area (Å²) in [5, 5.41) is 7.15. The molecule has 0 aliphatic carbocycles. The van der Waals surface area contributed by atoms with Crippen LogP contribution in [-0.2, 0) is 11.2 Å². The molecule has 0 radical (unpaired) electrons. The van der Waals surface area contributed by atoms with Gasteiger partial charge in [-0.3, -0.25) is 9.59 Å². The second kappa shape index (κ2) is 10.4. The minimum Gasteiger partial charge on any atom is -0.354 e. The minimum absolute atomic E-state index is 0.0502. The molecular formula is C19H19Cl3N2O2. The van der Waals surface area contributed by atoms with Gasteiger partial charge in [-0.1, -0.05) is 40.9 Å². The third-order valence-electron chi connectivity index (χ3n) is 3.69. The maximum Gasteiger partial charge on any atom is 0.251 e. The zero-order valence-electron chi connectivity index (χ0n) is 14.0. The van der Waals surface area contributed by atoms with Crippen LogP contribution in [0.15, 0.2) is 42.5 Å². The van der Waals surface area contributed by atoms with Crippen molar-refractivity contribution in [3.05, 3.63) is 68.7 Å². The van der Waals surface area contributed by atoms with Gasteiger partial charge >= 0.3 is 0 Å². The zero-order chi connectivity index (χ0) is 18.9. The van der Waals surface area contributed by atoms with E-state index < -0.39 is 0 Å². The van der Waals surface area contributed by atoms with E-state index in [-0.39, 0.29) is 11.8 Å². The molecule has 0 saturated carbocycles. The largest absolute Gasteiger partial charge is 0.354 e. The van der Waals surface area contributed by atoms with E-state index in [1.807, 2.05) is 12.1 Å². The number of benzene rings is 2. The molecule has 0 saturated heterocycles. The SMILES string of the molecule is O=C(CCCc1ccc(Cl)c(Cl)c1)NCCNC(=O)c1ccc(Cl)cc1. The molecule has 138 valence electrons. The average molecular weight is 414 g/mol. The highest BCUT2D eigenvalue weighted by atomic mass is 35.5. The molecule has 0 aliphatic heterocycles. The Morgan fingerprint density at radius 2 is 1.54 bits per heavy atom. The van der Waals surface area contributed by atoms with Crippen molar-refractivity contribution in [1.82, 2.24) is 10.6 Å². The molecule has 2 rings (SSSR count). The Morgan fingerprint density at radius 1 is 0.846 bits per heavy atom. The summed E-state index contributed by atoms with van der Waals surface area (Å²) in [6.07, 6.45) is 1.86. The van der Waals surface area contributed by atoms with E-state index in [4.69, 9.17) is 34.8 Å². The number of nitrogens with one attached hydrogen (secondary N) is 2. The van der Waals surface area contributed by atoms with E-state index in [2.05, 4.69) is 10.6 Å². The number of carbonyl (C=O) groups is 2. The Morgan fingerprint density at radius 3 is 2.23 bits per heavy atom. The molecule has 0 fully saturated rings. The Labute approximate surface area is 167 Å². The third kappa shape index (κ3) is 6.87. The molecular weight excluding hydrogens is 395 g/mol. The number of rotatable bonds is 8. The highest BCUT2D eigenvalue weighted by Crippen LogP contribution is 2.23. The summed E-state index contributed by atoms with van der Waals surface area (Å²) in [7, 11) is 0. The summed E-state index contributed by atoms with van der Waals surface area (Å²) in [6.45, 7) is 0.741. The van der Waals surface area contributed by atoms with Crippen molar-refractivity contribution in [2.45, 2.75) is 19.3 Å². The van der Waals surface area contributed by atoms with Gasteiger partial charge in [-0.2, -0.15) is 0 Å². The Kier molecular flexibility index (Phi) is 8.23. The lowest BCUT2D eigenvalue weighted by atomic mass is 10.1. The third-order valence-corrected chi connectivity index (χ3v) is 4.68. The van der Waals surface area contributed by atoms with Crippen molar-refractivity contribution in [2.75, 3.05) is 13.1 Å². The standard InChI is InChI=1S/C19H19Cl3N2O2/c20-15-7-5-14(6-8-15)19(26)24-11-10-23-18(25)3-1-2-13-4-9-16(21)17(22)12-13/h4-9,12H,1-3,10-11H2,(H,23,25)(H,24,26). The van der Waals surface area contributed by atoms with Crippen molar-refractivity contribution in [2.24, 2.45) is 0 Å². The molecule has 0 heterocycles. The van der Waals surface area contributed by atoms with Gasteiger partial charge in [0, 0.05) is 30.1 Å². The summed E-state index contributed by atoms with van der Waals surface area (Å²) in [5.41, 5.74) is 1.57. The number of hydrogen-bond acceptors (Lipinski definition) is 2. The first-order chi connectivity index (χ1) is 12.5. The molecule has 0 spiro atoms. The number of amides is 2. The van der Waals surface area contributed by atoms with Gasteiger partial charge < -0.3 is 10.6 Å². The molecule has 7 heteroatoms. The first-order valence-electron chi connectivity index (χ1n) is 8.20. The minimum atomic E-state index is -0.199. The highest BCUT2D eigenvalue weighted by Gasteiger charge is 2.06. The van der Waals surface area contributed by atoms with Gasteiger partial charge in [0.05, 0.1) is 10.0 Å². The van der Waals surface area contributed by atoms with E-state index in [1.165, 1.54) is 0 Å². The van der Waals surface area contributed by atoms with E-state index in [0.717, 1.165) is 12.0 Å². The van der Waals surface area contributed by atoms with Crippen molar-refractivity contribution in [1.29, 1.82) is 0 Å². The molecule has 0 unspecified atom stereocenters. The van der Waals surface area contributed by atoms with Crippen LogP contribution in [0.3, 0.4) is 0 Å². The molecule has 4 nitrogen and oxygen atoms in total. The molecule has 2 aromatic carbocycles. The van der Waals surface area contributed by atoms with Gasteiger partial charge in [0.25, 0.3) is 5.91 Å². The van der Waals surface area contributed by atoms with Crippen LogP contribution in [-0.4, -0.2) is 24.9 Å². The van der Waals surface area contributed by atoms with Gasteiger partial charge in [-0.05, 0) is 54.8 Å². The number of halogens is 3. The number of hydrogen-bond donors (Lipinski definition) is 2. The molecule has 2 N–H and O–H groups in total. The van der Waals surface area contributed by atoms with Crippen LogP contribution in [0.25, 0.3) is 0 Å². The van der Waals surface area contributed by atoms with Gasteiger partial charge in [-0.15, -0.1) is 0 Å². The maximum atomic E-state index is 11.9. The molecule has 2 amide bonds. The van der Waals surface area contributed by atoms with E-state index >= 15 is 0 Å². The van der Waals surface area contributed by atoms with Crippen LogP contribution in [0.1, 0.15) is 28.8 Å². The van der Waals surface area contributed by atoms with E-state index in [1.54, 1.807) is 30.3 Å². The topological polar surface area (TPSA) is 58.2 Å². The summed E-state index contributed by atoms with van der Waals surface area (Å²) in [5.74, 6) is -0.249. The summed E-state index contributed by atoms with van der Waals surface area (Å²) in [4.78, 5) is 23.7. The van der Waals surface area contributed by atoms with E-state index in [0.29, 0.717) is 46.6 Å². The first kappa shape index (κ1) is 20.6. The molecule has 26 heavy (non-hydrogen) atoms. The Bertz CT molecular complexity index is 764. The van der Waals surface area contributed by atoms with Crippen molar-refractivity contribution >= 4 is 46.6 Å². The molecule has 0 aromatic heterocycles. The van der Waals surface area contributed by atoms with Gasteiger partial charge in [0.1, 0.15) is 0 Å². The predicted octanol–water partition coefficient (Wildman–Crippen LogP) is 4.52. The summed E-state index contributed by atoms with van der Waals surface area (Å²) in [6, 6.07) is 12.1. The number of carbonyl (C=O) groups excluding carboxylic acids is 2. The maximum absolute atomic E-state index is 11.9. The number of aryl methyl sites for hydroxylation is 1. The molecule has 0 bridgehead atoms. The van der Waals surface area contributed by atoms with Gasteiger partial charge in [0.15, 0.2) is 0 Å². The lowest BCUT2D eigenvalue weighted by Gasteiger charge is -2.08. The van der Waals surface area contributed by atoms with Crippen molar-refractivity contribution in [3.63, 3.8) is 0 Å². The predicted molar refractivity (Wildman–Crippen MR) is 106 cm³/mol. The van der Waals surface area contributed by atoms with Crippen molar-refractivity contribution < 1.29 is 9.59 Å². The smallest absolute Gasteiger partial charge is 0.251 e. The van der Waals surface area contributed by atoms with Crippen LogP contribution in [0, 0.1) is 0 Å². The first-order valence-corrected chi connectivity index (χ1v) is 9.33. The van der Waals surface area contributed by atoms with Crippen LogP contribution in [0.4, 0.5) is 0 Å². The average Bonchev–Trinajstić information content (AvgIpc) is 2.62. The monoisotopic (exact) mass is 412 g/mol. The molecule has 2 aromatic rings. The van der Waals surface area contributed by atoms with Crippen molar-refractivity contribution in [3.8, 4) is 0 Å². The summed E-state index contributed by atoms with van der Waals surface area (Å²) < 4.78 is 0. The molecule has 0 aliphatic rings. The fourth-order valence-corrected chi connectivity index (χ4v) is 2.76. The molecule has 0 atom stereocenters. The highest BCUT2D eigenvalue weighted by molar-refractivity contribution is 6.42. The van der Waals surface area contributed by atoms with Crippen LogP contribution in [0.2, 0.25) is 15.1 Å². The summed E-state index contributed by atoms with van der Waals surface area (Å²) >= 11 is 17.6. The van der Waals surface area contributed by atoms with Crippen LogP contribution >= 0.6 is 34.8 Å². The second-order valence-electron chi connectivity index (χ2n) is 5.71. The lowest BCUT2D eigenvalue weighted by molar-refractivity contribution is -0.121. The quantitative estimate of drug-likeness (QED) is 0.625. The second-order valence-corrected chi connectivity index (χ2v) is 6.97. The lowest BCUT2D eigenvalue weighted by Crippen LogP contribution is -2.34. The fourth-order valence-electron chi connectivity index (χ4n) is 2.32. The van der Waals surface area contributed by atoms with E-state index in [9.17, 15) is 9.59 Å².